The van der Waals surface area contributed by atoms with Gasteiger partial charge in [-0.15, -0.1) is 11.8 Å². The molecule has 1 aliphatic carbocycles. The molecule has 1 aromatic rings. The van der Waals surface area contributed by atoms with E-state index >= 15 is 0 Å². The average molecular weight is 191 g/mol. The molecule has 1 saturated carbocycles. The minimum Gasteiger partial charge on any atom is -0.384 e. The number of rotatable bonds is 0. The van der Waals surface area contributed by atoms with Crippen molar-refractivity contribution in [3.8, 4) is 0 Å². The SMILES string of the molecule is c1ccc2c(c1)NCC1(CC1)CS2. The fourth-order valence-electron chi connectivity index (χ4n) is 1.80. The van der Waals surface area contributed by atoms with E-state index in [1.807, 2.05) is 11.8 Å². The molecule has 2 heteroatoms. The normalized spacial score (nSPS) is 23.1. The summed E-state index contributed by atoms with van der Waals surface area (Å²) in [5, 5.41) is 3.56. The predicted molar refractivity (Wildman–Crippen MR) is 57.3 cm³/mol. The fourth-order valence-corrected chi connectivity index (χ4v) is 3.12. The second-order valence-corrected chi connectivity index (χ2v) is 5.16. The molecule has 1 nitrogen and oxygen atoms in total. The maximum Gasteiger partial charge on any atom is 0.0478 e. The molecular weight excluding hydrogens is 178 g/mol. The molecule has 2 aliphatic rings. The number of para-hydroxylation sites is 1. The van der Waals surface area contributed by atoms with Crippen molar-refractivity contribution in [2.45, 2.75) is 17.7 Å². The Bertz CT molecular complexity index is 302. The van der Waals surface area contributed by atoms with Crippen molar-refractivity contribution in [3.63, 3.8) is 0 Å². The number of thioether (sulfide) groups is 1. The molecule has 0 saturated heterocycles. The van der Waals surface area contributed by atoms with Gasteiger partial charge >= 0.3 is 0 Å². The van der Waals surface area contributed by atoms with Crippen LogP contribution >= 0.6 is 11.8 Å². The zero-order valence-corrected chi connectivity index (χ0v) is 8.36. The number of fused-ring (bicyclic) bond motifs is 1. The maximum atomic E-state index is 3.56. The van der Waals surface area contributed by atoms with Gasteiger partial charge in [0, 0.05) is 22.9 Å². The van der Waals surface area contributed by atoms with E-state index in [9.17, 15) is 0 Å². The summed E-state index contributed by atoms with van der Waals surface area (Å²) in [6.07, 6.45) is 2.84. The number of hydrogen-bond acceptors (Lipinski definition) is 2. The van der Waals surface area contributed by atoms with Crippen LogP contribution < -0.4 is 5.32 Å². The van der Waals surface area contributed by atoms with Gasteiger partial charge < -0.3 is 5.32 Å². The smallest absolute Gasteiger partial charge is 0.0478 e. The predicted octanol–water partition coefficient (Wildman–Crippen LogP) is 2.98. The van der Waals surface area contributed by atoms with Crippen LogP contribution in [0.3, 0.4) is 0 Å². The van der Waals surface area contributed by atoms with Gasteiger partial charge in [0.05, 0.1) is 0 Å². The average Bonchev–Trinajstić information content (AvgIpc) is 2.96. The van der Waals surface area contributed by atoms with Crippen LogP contribution in [0.25, 0.3) is 0 Å². The van der Waals surface area contributed by atoms with Gasteiger partial charge in [0.25, 0.3) is 0 Å². The number of benzene rings is 1. The third kappa shape index (κ3) is 1.33. The van der Waals surface area contributed by atoms with E-state index < -0.39 is 0 Å². The Morgan fingerprint density at radius 2 is 2.08 bits per heavy atom. The molecule has 0 atom stereocenters. The van der Waals surface area contributed by atoms with E-state index in [2.05, 4.69) is 29.6 Å². The highest BCUT2D eigenvalue weighted by Crippen LogP contribution is 2.51. The first-order chi connectivity index (χ1) is 6.38. The molecular formula is C11H13NS. The zero-order chi connectivity index (χ0) is 8.73. The highest BCUT2D eigenvalue weighted by atomic mass is 32.2. The third-order valence-electron chi connectivity index (χ3n) is 3.03. The lowest BCUT2D eigenvalue weighted by atomic mass is 10.1. The lowest BCUT2D eigenvalue weighted by Crippen LogP contribution is -2.15. The summed E-state index contributed by atoms with van der Waals surface area (Å²) in [4.78, 5) is 1.42. The van der Waals surface area contributed by atoms with Crippen LogP contribution in [0.2, 0.25) is 0 Å². The lowest BCUT2D eigenvalue weighted by molar-refractivity contribution is 0.626. The van der Waals surface area contributed by atoms with Gasteiger partial charge in [-0.25, -0.2) is 0 Å². The van der Waals surface area contributed by atoms with Crippen LogP contribution in [0.5, 0.6) is 0 Å². The van der Waals surface area contributed by atoms with Crippen molar-refractivity contribution >= 4 is 17.4 Å². The largest absolute Gasteiger partial charge is 0.384 e. The number of anilines is 1. The van der Waals surface area contributed by atoms with Crippen LogP contribution in [0.4, 0.5) is 5.69 Å². The molecule has 1 N–H and O–H groups in total. The second-order valence-electron chi connectivity index (χ2n) is 4.14. The first kappa shape index (κ1) is 7.74. The quantitative estimate of drug-likeness (QED) is 0.676. The molecule has 13 heavy (non-hydrogen) atoms. The van der Waals surface area contributed by atoms with Crippen LogP contribution in [0.15, 0.2) is 29.2 Å². The standard InChI is InChI=1S/C11H13NS/c1-2-4-10-9(3-1)12-7-11(5-6-11)8-13-10/h1-4,12H,5-8H2. The Hall–Kier alpha value is -0.630. The summed E-state index contributed by atoms with van der Waals surface area (Å²) >= 11 is 2.02. The number of hydrogen-bond donors (Lipinski definition) is 1. The van der Waals surface area contributed by atoms with Crippen molar-refractivity contribution in [1.82, 2.24) is 0 Å². The zero-order valence-electron chi connectivity index (χ0n) is 7.55. The Morgan fingerprint density at radius 1 is 1.23 bits per heavy atom. The van der Waals surface area contributed by atoms with Gasteiger partial charge in [-0.3, -0.25) is 0 Å². The summed E-state index contributed by atoms with van der Waals surface area (Å²) in [5.74, 6) is 1.30. The Balaban J connectivity index is 1.92. The first-order valence-corrected chi connectivity index (χ1v) is 5.82. The van der Waals surface area contributed by atoms with E-state index in [0.717, 1.165) is 0 Å². The van der Waals surface area contributed by atoms with Crippen molar-refractivity contribution in [1.29, 1.82) is 0 Å². The Kier molecular flexibility index (Phi) is 1.59. The third-order valence-corrected chi connectivity index (χ3v) is 4.46. The van der Waals surface area contributed by atoms with Gasteiger partial charge in [0.15, 0.2) is 0 Å². The van der Waals surface area contributed by atoms with Crippen LogP contribution in [-0.2, 0) is 0 Å². The second kappa shape index (κ2) is 2.68. The van der Waals surface area contributed by atoms with Crippen LogP contribution in [0.1, 0.15) is 12.8 Å². The molecule has 0 amide bonds. The topological polar surface area (TPSA) is 12.0 Å². The summed E-state index contributed by atoms with van der Waals surface area (Å²) in [7, 11) is 0. The molecule has 0 bridgehead atoms. The van der Waals surface area contributed by atoms with Gasteiger partial charge in [0.2, 0.25) is 0 Å². The molecule has 1 heterocycles. The number of nitrogens with one attached hydrogen (secondary N) is 1. The summed E-state index contributed by atoms with van der Waals surface area (Å²) in [6, 6.07) is 8.63. The van der Waals surface area contributed by atoms with Gasteiger partial charge in [-0.2, -0.15) is 0 Å². The molecule has 1 spiro atoms. The Labute approximate surface area is 82.9 Å². The van der Waals surface area contributed by atoms with Crippen molar-refractivity contribution in [2.24, 2.45) is 5.41 Å². The molecule has 0 radical (unpaired) electrons. The minimum atomic E-state index is 0.643. The monoisotopic (exact) mass is 191 g/mol. The highest BCUT2D eigenvalue weighted by Gasteiger charge is 2.43. The fraction of sp³-hybridized carbons (Fsp3) is 0.455. The first-order valence-electron chi connectivity index (χ1n) is 4.84. The molecule has 1 aliphatic heterocycles. The lowest BCUT2D eigenvalue weighted by Gasteiger charge is -2.10. The summed E-state index contributed by atoms with van der Waals surface area (Å²) in [5.41, 5.74) is 1.97. The molecule has 0 aromatic heterocycles. The maximum absolute atomic E-state index is 3.56. The van der Waals surface area contributed by atoms with E-state index in [4.69, 9.17) is 0 Å². The van der Waals surface area contributed by atoms with E-state index in [0.29, 0.717) is 5.41 Å². The van der Waals surface area contributed by atoms with Crippen LogP contribution in [-0.4, -0.2) is 12.3 Å². The molecule has 0 unspecified atom stereocenters. The molecule has 1 fully saturated rings. The van der Waals surface area contributed by atoms with Crippen molar-refractivity contribution in [2.75, 3.05) is 17.6 Å². The van der Waals surface area contributed by atoms with Crippen LogP contribution in [0, 0.1) is 5.41 Å². The van der Waals surface area contributed by atoms with Crippen molar-refractivity contribution in [3.05, 3.63) is 24.3 Å². The minimum absolute atomic E-state index is 0.643. The van der Waals surface area contributed by atoms with Gasteiger partial charge in [-0.1, -0.05) is 12.1 Å². The van der Waals surface area contributed by atoms with E-state index in [1.54, 1.807) is 0 Å². The van der Waals surface area contributed by atoms with Crippen molar-refractivity contribution < 1.29 is 0 Å². The van der Waals surface area contributed by atoms with E-state index in [-0.39, 0.29) is 0 Å². The molecule has 68 valence electrons. The van der Waals surface area contributed by atoms with Gasteiger partial charge in [0.1, 0.15) is 0 Å². The van der Waals surface area contributed by atoms with Gasteiger partial charge in [-0.05, 0) is 30.4 Å². The molecule has 1 aromatic carbocycles. The molecule has 3 rings (SSSR count). The van der Waals surface area contributed by atoms with E-state index in [1.165, 1.54) is 35.7 Å². The Morgan fingerprint density at radius 3 is 2.92 bits per heavy atom. The highest BCUT2D eigenvalue weighted by molar-refractivity contribution is 7.99. The summed E-state index contributed by atoms with van der Waals surface area (Å²) < 4.78 is 0. The summed E-state index contributed by atoms with van der Waals surface area (Å²) in [6.45, 7) is 1.18.